The molecule has 0 atom stereocenters. The van der Waals surface area contributed by atoms with Gasteiger partial charge in [0.1, 0.15) is 23.3 Å². The van der Waals surface area contributed by atoms with Crippen molar-refractivity contribution < 1.29 is 0 Å². The number of H-pyrrole nitrogens is 1. The summed E-state index contributed by atoms with van der Waals surface area (Å²) < 4.78 is 1.69. The lowest BCUT2D eigenvalue weighted by Crippen LogP contribution is -2.07. The van der Waals surface area contributed by atoms with Crippen LogP contribution in [0, 0.1) is 6.92 Å². The van der Waals surface area contributed by atoms with Crippen LogP contribution in [0.5, 0.6) is 0 Å². The van der Waals surface area contributed by atoms with Crippen LogP contribution in [0.4, 0.5) is 0 Å². The fourth-order valence-corrected chi connectivity index (χ4v) is 2.63. The minimum absolute atomic E-state index is 0.190. The molecule has 90 valence electrons. The maximum atomic E-state index is 11.1. The van der Waals surface area contributed by atoms with Crippen molar-refractivity contribution in [3.8, 4) is 15.6 Å². The summed E-state index contributed by atoms with van der Waals surface area (Å²) in [6.07, 6.45) is 3.13. The standard InChI is InChI=1S/C11H9N5OS/c1-7-4-9(17)14-15-11(7)8-2-3-10(18-8)16-6-12-5-13-16/h2-6H,1H3,(H,14,17). The summed E-state index contributed by atoms with van der Waals surface area (Å²) >= 11 is 1.54. The number of hydrogen-bond donors (Lipinski definition) is 1. The molecule has 3 aromatic rings. The number of aromatic amines is 1. The third-order valence-corrected chi connectivity index (χ3v) is 3.55. The molecule has 6 nitrogen and oxygen atoms in total. The average Bonchev–Trinajstić information content (AvgIpc) is 2.99. The second-order valence-electron chi connectivity index (χ2n) is 3.74. The number of aryl methyl sites for hydroxylation is 1. The summed E-state index contributed by atoms with van der Waals surface area (Å²) in [4.78, 5) is 16.0. The van der Waals surface area contributed by atoms with Gasteiger partial charge in [-0.05, 0) is 24.6 Å². The van der Waals surface area contributed by atoms with Gasteiger partial charge in [0.05, 0.1) is 4.88 Å². The normalized spacial score (nSPS) is 10.7. The van der Waals surface area contributed by atoms with E-state index in [4.69, 9.17) is 0 Å². The number of nitrogens with one attached hydrogen (secondary N) is 1. The first-order valence-electron chi connectivity index (χ1n) is 5.25. The van der Waals surface area contributed by atoms with Gasteiger partial charge in [-0.2, -0.15) is 10.2 Å². The summed E-state index contributed by atoms with van der Waals surface area (Å²) in [5.74, 6) is 0. The summed E-state index contributed by atoms with van der Waals surface area (Å²) in [5, 5.41) is 11.5. The molecule has 0 saturated carbocycles. The van der Waals surface area contributed by atoms with Gasteiger partial charge < -0.3 is 0 Å². The monoisotopic (exact) mass is 259 g/mol. The highest BCUT2D eigenvalue weighted by molar-refractivity contribution is 7.17. The SMILES string of the molecule is Cc1cc(=O)[nH]nc1-c1ccc(-n2cncn2)s1. The van der Waals surface area contributed by atoms with Gasteiger partial charge in [-0.15, -0.1) is 11.3 Å². The molecule has 0 amide bonds. The molecule has 3 aromatic heterocycles. The highest BCUT2D eigenvalue weighted by Gasteiger charge is 2.09. The zero-order valence-corrected chi connectivity index (χ0v) is 10.3. The Morgan fingerprint density at radius 1 is 1.39 bits per heavy atom. The van der Waals surface area contributed by atoms with Crippen molar-refractivity contribution in [2.75, 3.05) is 0 Å². The molecule has 0 radical (unpaired) electrons. The van der Waals surface area contributed by atoms with Crippen molar-refractivity contribution in [2.45, 2.75) is 6.92 Å². The number of thiophene rings is 1. The lowest BCUT2D eigenvalue weighted by Gasteiger charge is -1.99. The first kappa shape index (κ1) is 10.8. The van der Waals surface area contributed by atoms with E-state index >= 15 is 0 Å². The fourth-order valence-electron chi connectivity index (χ4n) is 1.65. The Morgan fingerprint density at radius 2 is 2.28 bits per heavy atom. The average molecular weight is 259 g/mol. The number of rotatable bonds is 2. The molecule has 0 spiro atoms. The van der Waals surface area contributed by atoms with E-state index in [-0.39, 0.29) is 5.56 Å². The maximum absolute atomic E-state index is 11.1. The van der Waals surface area contributed by atoms with Gasteiger partial charge in [0.25, 0.3) is 5.56 Å². The van der Waals surface area contributed by atoms with Crippen molar-refractivity contribution in [3.63, 3.8) is 0 Å². The van der Waals surface area contributed by atoms with Crippen molar-refractivity contribution in [2.24, 2.45) is 0 Å². The summed E-state index contributed by atoms with van der Waals surface area (Å²) in [6, 6.07) is 5.44. The van der Waals surface area contributed by atoms with E-state index in [0.29, 0.717) is 0 Å². The van der Waals surface area contributed by atoms with Gasteiger partial charge in [-0.25, -0.2) is 14.8 Å². The molecule has 0 aliphatic carbocycles. The molecule has 0 aliphatic heterocycles. The Labute approximate surface area is 106 Å². The topological polar surface area (TPSA) is 76.5 Å². The molecule has 0 aromatic carbocycles. The van der Waals surface area contributed by atoms with E-state index in [1.807, 2.05) is 19.1 Å². The zero-order chi connectivity index (χ0) is 12.5. The largest absolute Gasteiger partial charge is 0.268 e. The Bertz CT molecular complexity index is 728. The van der Waals surface area contributed by atoms with Crippen LogP contribution in [0.2, 0.25) is 0 Å². The Balaban J connectivity index is 2.05. The van der Waals surface area contributed by atoms with Crippen LogP contribution in [0.1, 0.15) is 5.56 Å². The first-order chi connectivity index (χ1) is 8.74. The van der Waals surface area contributed by atoms with Crippen LogP contribution in [0.15, 0.2) is 35.6 Å². The third kappa shape index (κ3) is 1.84. The number of nitrogens with zero attached hydrogens (tertiary/aromatic N) is 4. The lowest BCUT2D eigenvalue weighted by molar-refractivity contribution is 0.896. The molecule has 3 heterocycles. The van der Waals surface area contributed by atoms with Gasteiger partial charge in [0, 0.05) is 6.07 Å². The van der Waals surface area contributed by atoms with E-state index < -0.39 is 0 Å². The predicted octanol–water partition coefficient (Wildman–Crippen LogP) is 1.39. The van der Waals surface area contributed by atoms with Gasteiger partial charge in [0.2, 0.25) is 0 Å². The second kappa shape index (κ2) is 4.19. The highest BCUT2D eigenvalue weighted by atomic mass is 32.1. The van der Waals surface area contributed by atoms with Crippen LogP contribution in [-0.2, 0) is 0 Å². The van der Waals surface area contributed by atoms with E-state index in [9.17, 15) is 4.79 Å². The Hall–Kier alpha value is -2.28. The van der Waals surface area contributed by atoms with E-state index in [0.717, 1.165) is 21.1 Å². The quantitative estimate of drug-likeness (QED) is 0.754. The van der Waals surface area contributed by atoms with Crippen LogP contribution in [0.25, 0.3) is 15.6 Å². The molecule has 18 heavy (non-hydrogen) atoms. The van der Waals surface area contributed by atoms with Crippen LogP contribution in [-0.4, -0.2) is 25.0 Å². The molecule has 0 aliphatic rings. The van der Waals surface area contributed by atoms with Gasteiger partial charge in [-0.1, -0.05) is 0 Å². The second-order valence-corrected chi connectivity index (χ2v) is 4.80. The lowest BCUT2D eigenvalue weighted by atomic mass is 10.2. The molecule has 7 heteroatoms. The van der Waals surface area contributed by atoms with Gasteiger partial charge in [-0.3, -0.25) is 4.79 Å². The molecule has 0 unspecified atom stereocenters. The predicted molar refractivity (Wildman–Crippen MR) is 67.8 cm³/mol. The number of hydrogen-bond acceptors (Lipinski definition) is 5. The molecule has 3 rings (SSSR count). The molecule has 1 N–H and O–H groups in total. The fraction of sp³-hybridized carbons (Fsp3) is 0.0909. The van der Waals surface area contributed by atoms with Crippen molar-refractivity contribution in [1.29, 1.82) is 0 Å². The maximum Gasteiger partial charge on any atom is 0.264 e. The summed E-state index contributed by atoms with van der Waals surface area (Å²) in [6.45, 7) is 1.87. The van der Waals surface area contributed by atoms with Gasteiger partial charge >= 0.3 is 0 Å². The third-order valence-electron chi connectivity index (χ3n) is 2.47. The minimum atomic E-state index is -0.190. The van der Waals surface area contributed by atoms with E-state index in [1.54, 1.807) is 11.0 Å². The van der Waals surface area contributed by atoms with Crippen molar-refractivity contribution in [3.05, 3.63) is 46.8 Å². The van der Waals surface area contributed by atoms with Crippen LogP contribution >= 0.6 is 11.3 Å². The number of aromatic nitrogens is 5. The van der Waals surface area contributed by atoms with Crippen LogP contribution < -0.4 is 5.56 Å². The molecule has 0 bridgehead atoms. The molecular formula is C11H9N5OS. The smallest absolute Gasteiger partial charge is 0.264 e. The Kier molecular flexibility index (Phi) is 2.52. The molecule has 0 saturated heterocycles. The van der Waals surface area contributed by atoms with E-state index in [2.05, 4.69) is 20.3 Å². The summed E-state index contributed by atoms with van der Waals surface area (Å²) in [5.41, 5.74) is 1.45. The van der Waals surface area contributed by atoms with E-state index in [1.165, 1.54) is 23.7 Å². The molecular weight excluding hydrogens is 250 g/mol. The van der Waals surface area contributed by atoms with Crippen LogP contribution in [0.3, 0.4) is 0 Å². The molecule has 0 fully saturated rings. The minimum Gasteiger partial charge on any atom is -0.268 e. The highest BCUT2D eigenvalue weighted by Crippen LogP contribution is 2.29. The summed E-state index contributed by atoms with van der Waals surface area (Å²) in [7, 11) is 0. The Morgan fingerprint density at radius 3 is 3.00 bits per heavy atom. The zero-order valence-electron chi connectivity index (χ0n) is 9.49. The van der Waals surface area contributed by atoms with Crippen molar-refractivity contribution >= 4 is 11.3 Å². The first-order valence-corrected chi connectivity index (χ1v) is 6.07. The van der Waals surface area contributed by atoms with Crippen molar-refractivity contribution in [1.82, 2.24) is 25.0 Å². The van der Waals surface area contributed by atoms with Gasteiger partial charge in [0.15, 0.2) is 0 Å².